The highest BCUT2D eigenvalue weighted by Gasteiger charge is 2.02. The second kappa shape index (κ2) is 22.2. The summed E-state index contributed by atoms with van der Waals surface area (Å²) in [6, 6.07) is 17.5. The van der Waals surface area contributed by atoms with E-state index in [1.54, 1.807) is 0 Å². The Bertz CT molecular complexity index is 714. The molecule has 0 aliphatic carbocycles. The Morgan fingerprint density at radius 1 is 0.405 bits per heavy atom. The van der Waals surface area contributed by atoms with E-state index in [1.807, 2.05) is 0 Å². The van der Waals surface area contributed by atoms with Crippen LogP contribution < -0.4 is 4.74 Å². The van der Waals surface area contributed by atoms with Gasteiger partial charge in [-0.25, -0.2) is 0 Å². The molecule has 0 amide bonds. The number of hydrogen-bond acceptors (Lipinski definition) is 1. The number of benzene rings is 2. The minimum atomic E-state index is 0.973. The van der Waals surface area contributed by atoms with Crippen molar-refractivity contribution < 1.29 is 4.74 Å². The van der Waals surface area contributed by atoms with Gasteiger partial charge >= 0.3 is 0 Å². The maximum absolute atomic E-state index is 6.26. The van der Waals surface area contributed by atoms with Crippen LogP contribution in [0, 0.1) is 0 Å². The number of hydrogen-bond donors (Lipinski definition) is 0. The zero-order chi connectivity index (χ0) is 26.2. The molecule has 0 fully saturated rings. The summed E-state index contributed by atoms with van der Waals surface area (Å²) in [6.45, 7) is 4.58. The first kappa shape index (κ1) is 31.5. The number of ether oxygens (including phenoxy) is 1. The average molecular weight is 507 g/mol. The average Bonchev–Trinajstić information content (AvgIpc) is 2.91. The molecular formula is C36H58O. The molecule has 0 spiro atoms. The third kappa shape index (κ3) is 16.6. The predicted octanol–water partition coefficient (Wildman–Crippen LogP) is 12.4. The van der Waals surface area contributed by atoms with E-state index in [4.69, 9.17) is 4.74 Å². The molecule has 2 rings (SSSR count). The van der Waals surface area contributed by atoms with Crippen LogP contribution in [-0.4, -0.2) is 0 Å². The van der Waals surface area contributed by atoms with Crippen molar-refractivity contribution in [3.05, 3.63) is 59.7 Å². The largest absolute Gasteiger partial charge is 0.457 e. The zero-order valence-electron chi connectivity index (χ0n) is 24.6. The van der Waals surface area contributed by atoms with E-state index < -0.39 is 0 Å². The van der Waals surface area contributed by atoms with Gasteiger partial charge in [0.1, 0.15) is 11.5 Å². The summed E-state index contributed by atoms with van der Waals surface area (Å²) in [5, 5.41) is 0. The van der Waals surface area contributed by atoms with Crippen molar-refractivity contribution >= 4 is 0 Å². The van der Waals surface area contributed by atoms with Gasteiger partial charge in [-0.1, -0.05) is 154 Å². The molecule has 0 radical (unpaired) electrons. The first-order chi connectivity index (χ1) is 18.3. The molecule has 0 saturated heterocycles. The monoisotopic (exact) mass is 506 g/mol. The quantitative estimate of drug-likeness (QED) is 0.129. The van der Waals surface area contributed by atoms with Crippen molar-refractivity contribution in [1.82, 2.24) is 0 Å². The second-order valence-electron chi connectivity index (χ2n) is 11.3. The lowest BCUT2D eigenvalue weighted by Gasteiger charge is -2.10. The van der Waals surface area contributed by atoms with Crippen LogP contribution >= 0.6 is 0 Å². The summed E-state index contributed by atoms with van der Waals surface area (Å²) >= 11 is 0. The molecule has 2 aromatic carbocycles. The van der Waals surface area contributed by atoms with Crippen LogP contribution in [0.3, 0.4) is 0 Å². The molecule has 0 bridgehead atoms. The van der Waals surface area contributed by atoms with Gasteiger partial charge in [0, 0.05) is 0 Å². The van der Waals surface area contributed by atoms with Gasteiger partial charge in [-0.15, -0.1) is 0 Å². The second-order valence-corrected chi connectivity index (χ2v) is 11.3. The van der Waals surface area contributed by atoms with Gasteiger partial charge in [-0.3, -0.25) is 0 Å². The predicted molar refractivity (Wildman–Crippen MR) is 164 cm³/mol. The Kier molecular flexibility index (Phi) is 18.9. The molecule has 0 N–H and O–H groups in total. The molecule has 0 unspecified atom stereocenters. The maximum Gasteiger partial charge on any atom is 0.127 e. The molecule has 0 aliphatic rings. The normalized spacial score (nSPS) is 11.2. The first-order valence-electron chi connectivity index (χ1n) is 16.2. The first-order valence-corrected chi connectivity index (χ1v) is 16.2. The Morgan fingerprint density at radius 2 is 0.730 bits per heavy atom. The Labute approximate surface area is 230 Å². The van der Waals surface area contributed by atoms with Gasteiger partial charge in [-0.2, -0.15) is 0 Å². The van der Waals surface area contributed by atoms with Crippen LogP contribution in [0.25, 0.3) is 0 Å². The third-order valence-corrected chi connectivity index (χ3v) is 7.67. The van der Waals surface area contributed by atoms with Gasteiger partial charge < -0.3 is 4.74 Å². The van der Waals surface area contributed by atoms with E-state index in [1.165, 1.54) is 140 Å². The molecular weight excluding hydrogens is 448 g/mol. The molecule has 0 aliphatic heterocycles. The molecule has 208 valence electrons. The van der Waals surface area contributed by atoms with Crippen LogP contribution in [0.15, 0.2) is 48.5 Å². The van der Waals surface area contributed by atoms with Crippen LogP contribution in [-0.2, 0) is 12.8 Å². The number of unbranched alkanes of at least 4 members (excludes halogenated alkanes) is 18. The van der Waals surface area contributed by atoms with E-state index >= 15 is 0 Å². The summed E-state index contributed by atoms with van der Waals surface area (Å²) in [4.78, 5) is 0. The van der Waals surface area contributed by atoms with E-state index in [0.29, 0.717) is 0 Å². The van der Waals surface area contributed by atoms with Gasteiger partial charge in [0.2, 0.25) is 0 Å². The van der Waals surface area contributed by atoms with Crippen LogP contribution in [0.5, 0.6) is 11.5 Å². The van der Waals surface area contributed by atoms with Gasteiger partial charge in [0.25, 0.3) is 0 Å². The lowest BCUT2D eigenvalue weighted by Crippen LogP contribution is -1.91. The van der Waals surface area contributed by atoms with Crippen LogP contribution in [0.1, 0.15) is 153 Å². The molecule has 0 aromatic heterocycles. The molecule has 1 nitrogen and oxygen atoms in total. The SMILES string of the molecule is CCCCCCCCCCCCc1cccc(Oc2cccc(CCCCCCCCCCCC)c2)c1. The molecule has 1 heteroatoms. The van der Waals surface area contributed by atoms with E-state index in [2.05, 4.69) is 62.4 Å². The Morgan fingerprint density at radius 3 is 1.08 bits per heavy atom. The summed E-state index contributed by atoms with van der Waals surface area (Å²) in [6.07, 6.45) is 30.1. The molecule has 37 heavy (non-hydrogen) atoms. The van der Waals surface area contributed by atoms with Crippen LogP contribution in [0.2, 0.25) is 0 Å². The van der Waals surface area contributed by atoms with Crippen LogP contribution in [0.4, 0.5) is 0 Å². The zero-order valence-corrected chi connectivity index (χ0v) is 24.6. The lowest BCUT2D eigenvalue weighted by atomic mass is 10.0. The van der Waals surface area contributed by atoms with Crippen molar-refractivity contribution in [2.24, 2.45) is 0 Å². The van der Waals surface area contributed by atoms with Crippen molar-refractivity contribution in [2.45, 2.75) is 155 Å². The highest BCUT2D eigenvalue weighted by atomic mass is 16.5. The minimum Gasteiger partial charge on any atom is -0.457 e. The fraction of sp³-hybridized carbons (Fsp3) is 0.667. The number of aryl methyl sites for hydroxylation is 2. The number of rotatable bonds is 24. The van der Waals surface area contributed by atoms with Crippen molar-refractivity contribution in [1.29, 1.82) is 0 Å². The van der Waals surface area contributed by atoms with Gasteiger partial charge in [-0.05, 0) is 61.1 Å². The summed E-state index contributed by atoms with van der Waals surface area (Å²) in [5.74, 6) is 1.95. The standard InChI is InChI=1S/C36H58O/c1-3-5-7-9-11-13-15-17-19-21-25-33-27-23-29-35(31-33)37-36-30-24-28-34(32-36)26-22-20-18-16-14-12-10-8-6-4-2/h23-24,27-32H,3-22,25-26H2,1-2H3. The summed E-state index contributed by atoms with van der Waals surface area (Å²) < 4.78 is 6.26. The smallest absolute Gasteiger partial charge is 0.127 e. The molecule has 0 atom stereocenters. The minimum absolute atomic E-state index is 0.973. The molecule has 0 heterocycles. The fourth-order valence-corrected chi connectivity index (χ4v) is 5.30. The summed E-state index contributed by atoms with van der Waals surface area (Å²) in [5.41, 5.74) is 2.80. The highest BCUT2D eigenvalue weighted by Crippen LogP contribution is 2.25. The molecule has 0 saturated carbocycles. The van der Waals surface area contributed by atoms with E-state index in [0.717, 1.165) is 24.3 Å². The lowest BCUT2D eigenvalue weighted by molar-refractivity contribution is 0.480. The topological polar surface area (TPSA) is 9.23 Å². The van der Waals surface area contributed by atoms with E-state index in [9.17, 15) is 0 Å². The summed E-state index contributed by atoms with van der Waals surface area (Å²) in [7, 11) is 0. The molecule has 2 aromatic rings. The fourth-order valence-electron chi connectivity index (χ4n) is 5.30. The Hall–Kier alpha value is -1.76. The van der Waals surface area contributed by atoms with Gasteiger partial charge in [0.15, 0.2) is 0 Å². The van der Waals surface area contributed by atoms with Crippen molar-refractivity contribution in [3.8, 4) is 11.5 Å². The highest BCUT2D eigenvalue weighted by molar-refractivity contribution is 5.36. The van der Waals surface area contributed by atoms with E-state index in [-0.39, 0.29) is 0 Å². The third-order valence-electron chi connectivity index (χ3n) is 7.67. The van der Waals surface area contributed by atoms with Crippen molar-refractivity contribution in [2.75, 3.05) is 0 Å². The van der Waals surface area contributed by atoms with Gasteiger partial charge in [0.05, 0.1) is 0 Å². The maximum atomic E-state index is 6.26. The Balaban J connectivity index is 1.58. The van der Waals surface area contributed by atoms with Crippen molar-refractivity contribution in [3.63, 3.8) is 0 Å².